The summed E-state index contributed by atoms with van der Waals surface area (Å²) in [7, 11) is 1.86. The number of piperidine rings is 1. The summed E-state index contributed by atoms with van der Waals surface area (Å²) in [5.41, 5.74) is 4.71. The minimum Gasteiger partial charge on any atom is -0.491 e. The van der Waals surface area contributed by atoms with E-state index in [1.54, 1.807) is 4.90 Å². The maximum absolute atomic E-state index is 12.1. The number of ether oxygens (including phenoxy) is 1. The quantitative estimate of drug-likeness (QED) is 0.761. The molecule has 1 amide bonds. The van der Waals surface area contributed by atoms with Gasteiger partial charge in [0.05, 0.1) is 11.8 Å². The number of benzene rings is 2. The summed E-state index contributed by atoms with van der Waals surface area (Å²) in [6, 6.07) is 15.7. The van der Waals surface area contributed by atoms with Gasteiger partial charge in [-0.1, -0.05) is 30.3 Å². The Morgan fingerprint density at radius 3 is 2.77 bits per heavy atom. The summed E-state index contributed by atoms with van der Waals surface area (Å²) < 4.78 is 6.15. The lowest BCUT2D eigenvalue weighted by atomic mass is 9.92. The molecule has 4 rings (SSSR count). The van der Waals surface area contributed by atoms with Gasteiger partial charge >= 0.3 is 0 Å². The third-order valence-corrected chi connectivity index (χ3v) is 6.14. The number of rotatable bonds is 6. The molecule has 1 saturated heterocycles. The van der Waals surface area contributed by atoms with Gasteiger partial charge in [0.25, 0.3) is 0 Å². The molecule has 2 unspecified atom stereocenters. The summed E-state index contributed by atoms with van der Waals surface area (Å²) in [6.07, 6.45) is 3.77. The molecule has 160 valence electrons. The number of fused-ring (bicyclic) bond motifs is 1. The Kier molecular flexibility index (Phi) is 6.40. The summed E-state index contributed by atoms with van der Waals surface area (Å²) in [4.78, 5) is 13.9. The molecule has 0 aromatic heterocycles. The van der Waals surface area contributed by atoms with E-state index >= 15 is 0 Å². The topological polar surface area (TPSA) is 53.6 Å². The first-order valence-electron chi connectivity index (χ1n) is 11.1. The largest absolute Gasteiger partial charge is 0.491 e. The van der Waals surface area contributed by atoms with Crippen LogP contribution in [0.4, 0.5) is 5.69 Å². The van der Waals surface area contributed by atoms with E-state index in [4.69, 9.17) is 4.74 Å². The van der Waals surface area contributed by atoms with Crippen molar-refractivity contribution in [2.24, 2.45) is 0 Å². The molecule has 2 aromatic carbocycles. The molecule has 0 spiro atoms. The highest BCUT2D eigenvalue weighted by Crippen LogP contribution is 2.34. The van der Waals surface area contributed by atoms with E-state index in [2.05, 4.69) is 53.1 Å². The van der Waals surface area contributed by atoms with Crippen LogP contribution in [0.15, 0.2) is 42.5 Å². The van der Waals surface area contributed by atoms with E-state index in [1.165, 1.54) is 23.1 Å². The highest BCUT2D eigenvalue weighted by atomic mass is 16.5. The molecule has 1 fully saturated rings. The van der Waals surface area contributed by atoms with Crippen LogP contribution in [0.3, 0.4) is 0 Å². The molecule has 5 nitrogen and oxygen atoms in total. The molecule has 2 N–H and O–H groups in total. The predicted molar refractivity (Wildman–Crippen MR) is 121 cm³/mol. The van der Waals surface area contributed by atoms with Crippen LogP contribution in [-0.2, 0) is 17.8 Å². The molecule has 2 atom stereocenters. The number of amides is 1. The van der Waals surface area contributed by atoms with Crippen molar-refractivity contribution in [3.8, 4) is 5.75 Å². The Morgan fingerprint density at radius 2 is 2.00 bits per heavy atom. The lowest BCUT2D eigenvalue weighted by molar-refractivity contribution is -0.118. The molecular formula is C25H33N3O2. The van der Waals surface area contributed by atoms with Gasteiger partial charge in [0.1, 0.15) is 5.75 Å². The molecule has 2 heterocycles. The number of carbonyl (C=O) groups excluding carboxylic acids is 1. The number of nitrogens with zero attached hydrogens (tertiary/aromatic N) is 1. The Morgan fingerprint density at radius 1 is 1.20 bits per heavy atom. The van der Waals surface area contributed by atoms with Crippen molar-refractivity contribution in [2.75, 3.05) is 18.5 Å². The number of hydrogen-bond donors (Lipinski definition) is 2. The van der Waals surface area contributed by atoms with Crippen LogP contribution in [0.5, 0.6) is 5.75 Å². The first-order chi connectivity index (χ1) is 14.5. The summed E-state index contributed by atoms with van der Waals surface area (Å²) in [6.45, 7) is 5.89. The lowest BCUT2D eigenvalue weighted by Gasteiger charge is -2.34. The summed E-state index contributed by atoms with van der Waals surface area (Å²) in [5, 5.41) is 7.50. The number of aryl methyl sites for hydroxylation is 1. The molecule has 2 aromatic rings. The normalized spacial score (nSPS) is 21.6. The van der Waals surface area contributed by atoms with Gasteiger partial charge in [0, 0.05) is 43.7 Å². The van der Waals surface area contributed by atoms with Gasteiger partial charge < -0.3 is 20.3 Å². The van der Waals surface area contributed by atoms with Crippen molar-refractivity contribution >= 4 is 11.6 Å². The zero-order chi connectivity index (χ0) is 21.1. The Balaban J connectivity index is 1.56. The molecule has 30 heavy (non-hydrogen) atoms. The Bertz CT molecular complexity index is 881. The van der Waals surface area contributed by atoms with Crippen LogP contribution in [-0.4, -0.2) is 31.6 Å². The fraction of sp³-hybridized carbons (Fsp3) is 0.480. The molecule has 0 aliphatic carbocycles. The van der Waals surface area contributed by atoms with Crippen LogP contribution < -0.4 is 20.3 Å². The van der Waals surface area contributed by atoms with E-state index in [1.807, 2.05) is 20.9 Å². The van der Waals surface area contributed by atoms with Crippen LogP contribution in [0.1, 0.15) is 55.8 Å². The third kappa shape index (κ3) is 4.52. The average molecular weight is 408 g/mol. The smallest absolute Gasteiger partial charge is 0.227 e. The lowest BCUT2D eigenvalue weighted by Crippen LogP contribution is -2.45. The maximum Gasteiger partial charge on any atom is 0.227 e. The maximum atomic E-state index is 12.1. The first kappa shape index (κ1) is 20.9. The van der Waals surface area contributed by atoms with Gasteiger partial charge in [0.2, 0.25) is 5.91 Å². The number of hydrogen-bond acceptors (Lipinski definition) is 4. The fourth-order valence-electron chi connectivity index (χ4n) is 4.58. The van der Waals surface area contributed by atoms with E-state index < -0.39 is 0 Å². The molecule has 0 bridgehead atoms. The van der Waals surface area contributed by atoms with Gasteiger partial charge in [-0.25, -0.2) is 0 Å². The molecule has 5 heteroatoms. The average Bonchev–Trinajstić information content (AvgIpc) is 2.76. The van der Waals surface area contributed by atoms with Crippen molar-refractivity contribution in [2.45, 2.75) is 64.3 Å². The monoisotopic (exact) mass is 407 g/mol. The van der Waals surface area contributed by atoms with Crippen LogP contribution in [0.25, 0.3) is 0 Å². The SMILES string of the molecule is CC(C)Oc1cc2c(cc1CNC1CCCNC1c1ccccc1)CCC(=O)N2C. The van der Waals surface area contributed by atoms with Crippen molar-refractivity contribution in [1.82, 2.24) is 10.6 Å². The van der Waals surface area contributed by atoms with Gasteiger partial charge in [0.15, 0.2) is 0 Å². The van der Waals surface area contributed by atoms with Crippen molar-refractivity contribution in [1.29, 1.82) is 0 Å². The van der Waals surface area contributed by atoms with Crippen LogP contribution >= 0.6 is 0 Å². The highest BCUT2D eigenvalue weighted by molar-refractivity contribution is 5.96. The molecule has 2 aliphatic heterocycles. The Labute approximate surface area is 179 Å². The van der Waals surface area contributed by atoms with Crippen molar-refractivity contribution in [3.05, 3.63) is 59.2 Å². The predicted octanol–water partition coefficient (Wildman–Crippen LogP) is 3.97. The van der Waals surface area contributed by atoms with Crippen LogP contribution in [0, 0.1) is 0 Å². The summed E-state index contributed by atoms with van der Waals surface area (Å²) in [5.74, 6) is 1.04. The van der Waals surface area contributed by atoms with Gasteiger partial charge in [-0.15, -0.1) is 0 Å². The molecule has 0 saturated carbocycles. The van der Waals surface area contributed by atoms with E-state index in [0.29, 0.717) is 18.5 Å². The number of nitrogens with one attached hydrogen (secondary N) is 2. The fourth-order valence-corrected chi connectivity index (χ4v) is 4.58. The standard InChI is InChI=1S/C25H33N3O2/c1-17(2)30-23-15-22-19(11-12-24(29)28(22)3)14-20(23)16-27-21-10-7-13-26-25(21)18-8-5-4-6-9-18/h4-6,8-9,14-15,17,21,25-27H,7,10-13,16H2,1-3H3. The second-order valence-corrected chi connectivity index (χ2v) is 8.68. The summed E-state index contributed by atoms with van der Waals surface area (Å²) >= 11 is 0. The second kappa shape index (κ2) is 9.19. The van der Waals surface area contributed by atoms with Gasteiger partial charge in [-0.05, 0) is 56.8 Å². The third-order valence-electron chi connectivity index (χ3n) is 6.14. The number of anilines is 1. The number of carbonyl (C=O) groups is 1. The van der Waals surface area contributed by atoms with Gasteiger partial charge in [-0.2, -0.15) is 0 Å². The minimum atomic E-state index is 0.0832. The van der Waals surface area contributed by atoms with E-state index in [9.17, 15) is 4.79 Å². The van der Waals surface area contributed by atoms with Crippen LogP contribution in [0.2, 0.25) is 0 Å². The zero-order valence-electron chi connectivity index (χ0n) is 18.3. The highest BCUT2D eigenvalue weighted by Gasteiger charge is 2.27. The molecule has 0 radical (unpaired) electrons. The zero-order valence-corrected chi connectivity index (χ0v) is 18.3. The van der Waals surface area contributed by atoms with Crippen molar-refractivity contribution in [3.63, 3.8) is 0 Å². The Hall–Kier alpha value is -2.37. The molecular weight excluding hydrogens is 374 g/mol. The van der Waals surface area contributed by atoms with E-state index in [0.717, 1.165) is 37.4 Å². The first-order valence-corrected chi connectivity index (χ1v) is 11.1. The minimum absolute atomic E-state index is 0.0832. The van der Waals surface area contributed by atoms with E-state index in [-0.39, 0.29) is 12.0 Å². The molecule has 2 aliphatic rings. The van der Waals surface area contributed by atoms with Crippen molar-refractivity contribution < 1.29 is 9.53 Å². The van der Waals surface area contributed by atoms with Gasteiger partial charge in [-0.3, -0.25) is 4.79 Å². The second-order valence-electron chi connectivity index (χ2n) is 8.68.